The highest BCUT2D eigenvalue weighted by atomic mass is 32.2. The summed E-state index contributed by atoms with van der Waals surface area (Å²) in [6.07, 6.45) is -3.85. The minimum atomic E-state index is -4.45. The third-order valence-corrected chi connectivity index (χ3v) is 8.19. The van der Waals surface area contributed by atoms with E-state index in [1.54, 1.807) is 55.6 Å². The number of esters is 1. The van der Waals surface area contributed by atoms with E-state index in [4.69, 9.17) is 14.2 Å². The van der Waals surface area contributed by atoms with E-state index in [0.717, 1.165) is 40.6 Å². The molecule has 0 spiro atoms. The predicted octanol–water partition coefficient (Wildman–Crippen LogP) is 7.55. The van der Waals surface area contributed by atoms with E-state index in [1.807, 2.05) is 32.0 Å². The highest BCUT2D eigenvalue weighted by Gasteiger charge is 2.30. The lowest BCUT2D eigenvalue weighted by atomic mass is 10.1. The number of aromatic nitrogens is 3. The van der Waals surface area contributed by atoms with Crippen molar-refractivity contribution in [2.75, 3.05) is 24.9 Å². The van der Waals surface area contributed by atoms with Gasteiger partial charge in [-0.1, -0.05) is 30.3 Å². The van der Waals surface area contributed by atoms with Crippen molar-refractivity contribution in [1.82, 2.24) is 25.4 Å². The van der Waals surface area contributed by atoms with Crippen LogP contribution in [0, 0.1) is 13.8 Å². The molecule has 280 valence electrons. The summed E-state index contributed by atoms with van der Waals surface area (Å²) < 4.78 is 55.8. The third-order valence-electron chi connectivity index (χ3n) is 7.49. The number of carbonyl (C=O) groups is 3. The number of hydrogen-bond donors (Lipinski definition) is 3. The number of thioether (sulfide) groups is 1. The molecule has 1 aromatic heterocycles. The summed E-state index contributed by atoms with van der Waals surface area (Å²) in [6.45, 7) is 3.27. The third kappa shape index (κ3) is 11.1. The van der Waals surface area contributed by atoms with Crippen LogP contribution in [0.4, 0.5) is 34.1 Å². The molecular formula is C37H34F3N7O6S. The van der Waals surface area contributed by atoms with E-state index in [1.165, 1.54) is 23.1 Å². The van der Waals surface area contributed by atoms with Crippen molar-refractivity contribution in [2.45, 2.75) is 26.6 Å². The molecule has 17 heteroatoms. The molecule has 3 N–H and O–H groups in total. The van der Waals surface area contributed by atoms with Crippen LogP contribution in [0.5, 0.6) is 5.75 Å². The Morgan fingerprint density at radius 2 is 1.59 bits per heavy atom. The van der Waals surface area contributed by atoms with Gasteiger partial charge >= 0.3 is 24.3 Å². The summed E-state index contributed by atoms with van der Waals surface area (Å²) in [5, 5.41) is 12.2. The highest BCUT2D eigenvalue weighted by molar-refractivity contribution is 8.13. The van der Waals surface area contributed by atoms with Gasteiger partial charge in [-0.15, -0.1) is 5.10 Å². The maximum absolute atomic E-state index is 13.1. The van der Waals surface area contributed by atoms with Gasteiger partial charge in [0, 0.05) is 11.3 Å². The van der Waals surface area contributed by atoms with Gasteiger partial charge in [-0.05, 0) is 103 Å². The quantitative estimate of drug-likeness (QED) is 0.0535. The maximum atomic E-state index is 13.1. The number of aliphatic imine (C=N–C) groups is 1. The van der Waals surface area contributed by atoms with Gasteiger partial charge in [0.25, 0.3) is 0 Å². The number of nitrogens with one attached hydrogen (secondary N) is 3. The van der Waals surface area contributed by atoms with E-state index in [-0.39, 0.29) is 17.7 Å². The van der Waals surface area contributed by atoms with Crippen molar-refractivity contribution < 1.29 is 41.8 Å². The molecule has 13 nitrogen and oxygen atoms in total. The Balaban J connectivity index is 1.19. The van der Waals surface area contributed by atoms with Crippen molar-refractivity contribution in [1.29, 1.82) is 0 Å². The minimum Gasteiger partial charge on any atom is -0.497 e. The molecule has 0 aliphatic carbocycles. The van der Waals surface area contributed by atoms with Crippen LogP contribution in [0.1, 0.15) is 22.3 Å². The SMILES string of the molecule is COc1cc(C)c(/N=C(/NC(=O)Nc2ccc(-c3ncn(-c4ccc(C(F)(F)F)cc4)n3)cc2)SCOC(=O)CNC(=O)OCc2ccccc2)c(C)c1. The number of amides is 3. The van der Waals surface area contributed by atoms with Gasteiger partial charge in [0.2, 0.25) is 0 Å². The van der Waals surface area contributed by atoms with Crippen molar-refractivity contribution in [2.24, 2.45) is 4.99 Å². The van der Waals surface area contributed by atoms with Gasteiger partial charge in [0.15, 0.2) is 11.0 Å². The van der Waals surface area contributed by atoms with Gasteiger partial charge in [0.05, 0.1) is 24.0 Å². The van der Waals surface area contributed by atoms with Crippen LogP contribution < -0.4 is 20.7 Å². The van der Waals surface area contributed by atoms with Gasteiger partial charge in [-0.3, -0.25) is 10.1 Å². The Hall–Kier alpha value is -6.36. The van der Waals surface area contributed by atoms with E-state index in [0.29, 0.717) is 34.2 Å². The Morgan fingerprint density at radius 3 is 2.24 bits per heavy atom. The topological polar surface area (TPSA) is 158 Å². The number of anilines is 1. The number of benzene rings is 4. The summed E-state index contributed by atoms with van der Waals surface area (Å²) in [7, 11) is 1.55. The zero-order valence-electron chi connectivity index (χ0n) is 29.1. The Labute approximate surface area is 311 Å². The molecule has 0 fully saturated rings. The summed E-state index contributed by atoms with van der Waals surface area (Å²) in [6, 6.07) is 23.1. The first-order chi connectivity index (χ1) is 25.9. The summed E-state index contributed by atoms with van der Waals surface area (Å²) in [5.74, 6) is -0.0276. The average molecular weight is 762 g/mol. The van der Waals surface area contributed by atoms with Crippen LogP contribution >= 0.6 is 11.8 Å². The number of amidine groups is 1. The molecule has 0 aliphatic heterocycles. The minimum absolute atomic E-state index is 0.0384. The normalized spacial score (nSPS) is 11.4. The first-order valence-corrected chi connectivity index (χ1v) is 17.1. The summed E-state index contributed by atoms with van der Waals surface area (Å²) in [5.41, 5.74) is 3.54. The number of methoxy groups -OCH3 is 1. The van der Waals surface area contributed by atoms with Crippen LogP contribution in [0.3, 0.4) is 0 Å². The summed E-state index contributed by atoms with van der Waals surface area (Å²) >= 11 is 0.940. The fourth-order valence-electron chi connectivity index (χ4n) is 4.81. The molecule has 3 amide bonds. The number of hydrogen-bond acceptors (Lipinski definition) is 10. The molecular weight excluding hydrogens is 728 g/mol. The molecule has 1 heterocycles. The van der Waals surface area contributed by atoms with E-state index < -0.39 is 36.4 Å². The number of alkyl halides is 3. The number of aryl methyl sites for hydroxylation is 2. The van der Waals surface area contributed by atoms with Crippen molar-refractivity contribution >= 4 is 46.4 Å². The lowest BCUT2D eigenvalue weighted by molar-refractivity contribution is -0.140. The second-order valence-corrected chi connectivity index (χ2v) is 12.3. The second kappa shape index (κ2) is 17.9. The van der Waals surface area contributed by atoms with Crippen LogP contribution in [0.2, 0.25) is 0 Å². The van der Waals surface area contributed by atoms with Gasteiger partial charge in [0.1, 0.15) is 31.2 Å². The number of rotatable bonds is 11. The van der Waals surface area contributed by atoms with Crippen molar-refractivity contribution in [3.05, 3.63) is 120 Å². The Kier molecular flexibility index (Phi) is 12.9. The van der Waals surface area contributed by atoms with Crippen LogP contribution in [-0.4, -0.2) is 57.6 Å². The smallest absolute Gasteiger partial charge is 0.416 e. The fraction of sp³-hybridized carbons (Fsp3) is 0.189. The van der Waals surface area contributed by atoms with E-state index in [2.05, 4.69) is 31.0 Å². The molecule has 5 rings (SSSR count). The Morgan fingerprint density at radius 1 is 0.907 bits per heavy atom. The number of ether oxygens (including phenoxy) is 3. The van der Waals surface area contributed by atoms with Crippen LogP contribution in [0.25, 0.3) is 17.1 Å². The monoisotopic (exact) mass is 761 g/mol. The zero-order valence-corrected chi connectivity index (χ0v) is 30.0. The highest BCUT2D eigenvalue weighted by Crippen LogP contribution is 2.31. The molecule has 0 saturated carbocycles. The number of alkyl carbamates (subject to hydrolysis) is 1. The standard InChI is InChI=1S/C37H34F3N7O6S/c1-23-17-30(51-3)18-24(2)32(23)44-35(54-22-53-31(48)19-41-36(50)52-20-25-7-5-4-6-8-25)45-34(49)43-28-13-9-26(10-14-28)33-42-21-47(46-33)29-15-11-27(12-16-29)37(38,39)40/h4-18,21H,19-20,22H2,1-3H3,(H,41,50)(H2,43,44,45,49). The zero-order chi connectivity index (χ0) is 38.7. The molecule has 5 aromatic rings. The number of halogens is 3. The molecule has 0 saturated heterocycles. The lowest BCUT2D eigenvalue weighted by Gasteiger charge is -2.13. The first kappa shape index (κ1) is 38.9. The van der Waals surface area contributed by atoms with E-state index >= 15 is 0 Å². The van der Waals surface area contributed by atoms with E-state index in [9.17, 15) is 27.6 Å². The van der Waals surface area contributed by atoms with Crippen LogP contribution in [0.15, 0.2) is 102 Å². The lowest BCUT2D eigenvalue weighted by Crippen LogP contribution is -2.33. The molecule has 54 heavy (non-hydrogen) atoms. The molecule has 0 radical (unpaired) electrons. The largest absolute Gasteiger partial charge is 0.497 e. The van der Waals surface area contributed by atoms with Crippen molar-refractivity contribution in [3.8, 4) is 22.8 Å². The summed E-state index contributed by atoms with van der Waals surface area (Å²) in [4.78, 5) is 46.4. The van der Waals surface area contributed by atoms with Crippen LogP contribution in [-0.2, 0) is 27.1 Å². The number of urea groups is 1. The van der Waals surface area contributed by atoms with Gasteiger partial charge < -0.3 is 24.8 Å². The average Bonchev–Trinajstić information content (AvgIpc) is 3.65. The molecule has 4 aromatic carbocycles. The maximum Gasteiger partial charge on any atom is 0.416 e. The number of nitrogens with zero attached hydrogens (tertiary/aromatic N) is 4. The molecule has 0 bridgehead atoms. The molecule has 0 atom stereocenters. The van der Waals surface area contributed by atoms with Gasteiger partial charge in [-0.25, -0.2) is 24.2 Å². The second-order valence-electron chi connectivity index (χ2n) is 11.4. The van der Waals surface area contributed by atoms with Crippen molar-refractivity contribution in [3.63, 3.8) is 0 Å². The first-order valence-electron chi connectivity index (χ1n) is 16.1. The predicted molar refractivity (Wildman–Crippen MR) is 197 cm³/mol. The fourth-order valence-corrected chi connectivity index (χ4v) is 5.44. The van der Waals surface area contributed by atoms with Gasteiger partial charge in [-0.2, -0.15) is 13.2 Å². The molecule has 0 unspecified atom stereocenters. The molecule has 0 aliphatic rings. The Bertz CT molecular complexity index is 2090. The number of carbonyl (C=O) groups excluding carboxylic acids is 3.